The minimum absolute atomic E-state index is 0.403. The Balaban J connectivity index is 1.58. The number of halogens is 2. The summed E-state index contributed by atoms with van der Waals surface area (Å²) in [6.45, 7) is 4.40. The lowest BCUT2D eigenvalue weighted by Crippen LogP contribution is -2.10. The van der Waals surface area contributed by atoms with E-state index in [9.17, 15) is 0 Å². The molecule has 1 heterocycles. The van der Waals surface area contributed by atoms with Gasteiger partial charge in [-0.15, -0.1) is 0 Å². The van der Waals surface area contributed by atoms with Crippen molar-refractivity contribution in [1.29, 1.82) is 0 Å². The maximum absolute atomic E-state index is 6.65. The first-order chi connectivity index (χ1) is 18.0. The molecule has 0 aliphatic heterocycles. The lowest BCUT2D eigenvalue weighted by atomic mass is 10.0. The molecule has 0 bridgehead atoms. The monoisotopic (exact) mass is 609 g/mol. The number of benzene rings is 5. The average molecular weight is 611 g/mol. The van der Waals surface area contributed by atoms with Gasteiger partial charge in [-0.05, 0) is 71.1 Å². The lowest BCUT2D eigenvalue weighted by molar-refractivity contribution is 0.667. The largest absolute Gasteiger partial charge is 0.454 e. The molecule has 182 valence electrons. The minimum Gasteiger partial charge on any atom is -0.454 e. The lowest BCUT2D eigenvalue weighted by Gasteiger charge is -2.26. The number of furan rings is 1. The zero-order valence-electron chi connectivity index (χ0n) is 20.6. The fourth-order valence-electron chi connectivity index (χ4n) is 4.87. The van der Waals surface area contributed by atoms with E-state index in [0.717, 1.165) is 47.9 Å². The van der Waals surface area contributed by atoms with E-state index in [4.69, 9.17) is 4.42 Å². The maximum Gasteiger partial charge on any atom is 0.160 e. The third-order valence-corrected chi connectivity index (χ3v) is 8.07. The molecule has 0 aliphatic rings. The van der Waals surface area contributed by atoms with E-state index in [2.05, 4.69) is 148 Å². The van der Waals surface area contributed by atoms with Crippen molar-refractivity contribution in [2.75, 3.05) is 4.90 Å². The van der Waals surface area contributed by atoms with Crippen LogP contribution in [0.1, 0.15) is 25.3 Å². The molecule has 5 aromatic carbocycles. The topological polar surface area (TPSA) is 16.4 Å². The van der Waals surface area contributed by atoms with Gasteiger partial charge in [-0.1, -0.05) is 106 Å². The predicted molar refractivity (Wildman–Crippen MR) is 163 cm³/mol. The molecule has 6 aromatic rings. The van der Waals surface area contributed by atoms with E-state index in [-0.39, 0.29) is 0 Å². The highest BCUT2D eigenvalue weighted by molar-refractivity contribution is 9.11. The van der Waals surface area contributed by atoms with E-state index < -0.39 is 0 Å². The molecule has 0 radical (unpaired) electrons. The number of hydrogen-bond acceptors (Lipinski definition) is 2. The molecular weight excluding hydrogens is 586 g/mol. The van der Waals surface area contributed by atoms with E-state index in [1.54, 1.807) is 0 Å². The Labute approximate surface area is 233 Å². The third kappa shape index (κ3) is 4.39. The van der Waals surface area contributed by atoms with Crippen LogP contribution in [-0.2, 0) is 0 Å². The fraction of sp³-hybridized carbons (Fsp3) is 0.0909. The molecule has 1 aromatic heterocycles. The first kappa shape index (κ1) is 24.0. The highest BCUT2D eigenvalue weighted by Gasteiger charge is 2.22. The second-order valence-corrected chi connectivity index (χ2v) is 11.2. The molecule has 2 nitrogen and oxygen atoms in total. The quantitative estimate of drug-likeness (QED) is 0.193. The Kier molecular flexibility index (Phi) is 6.39. The van der Waals surface area contributed by atoms with Crippen LogP contribution < -0.4 is 4.90 Å². The van der Waals surface area contributed by atoms with Crippen molar-refractivity contribution in [3.63, 3.8) is 0 Å². The summed E-state index contributed by atoms with van der Waals surface area (Å²) in [6, 6.07) is 38.3. The van der Waals surface area contributed by atoms with Gasteiger partial charge in [0.2, 0.25) is 0 Å². The second kappa shape index (κ2) is 9.85. The van der Waals surface area contributed by atoms with E-state index in [0.29, 0.717) is 5.92 Å². The number of rotatable bonds is 5. The maximum atomic E-state index is 6.65. The highest BCUT2D eigenvalue weighted by atomic mass is 79.9. The molecule has 0 unspecified atom stereocenters. The molecule has 0 atom stereocenters. The summed E-state index contributed by atoms with van der Waals surface area (Å²) >= 11 is 7.65. The van der Waals surface area contributed by atoms with Crippen LogP contribution in [0.2, 0.25) is 0 Å². The molecule has 6 rings (SSSR count). The van der Waals surface area contributed by atoms with Gasteiger partial charge in [-0.2, -0.15) is 0 Å². The summed E-state index contributed by atoms with van der Waals surface area (Å²) in [4.78, 5) is 2.27. The van der Waals surface area contributed by atoms with Gasteiger partial charge < -0.3 is 9.32 Å². The van der Waals surface area contributed by atoms with Crippen LogP contribution in [0.5, 0.6) is 0 Å². The standard InChI is InChI=1S/C33H25Br2NO/c1-21(2)24-19-28(35)31-30(20-24)37-33-29(18-17-27(34)32(31)33)36(25-11-7-4-8-12-25)26-15-13-23(14-16-26)22-9-5-3-6-10-22/h3-21H,1-2H3. The summed E-state index contributed by atoms with van der Waals surface area (Å²) in [6.07, 6.45) is 0. The van der Waals surface area contributed by atoms with Crippen molar-refractivity contribution in [2.24, 2.45) is 0 Å². The minimum atomic E-state index is 0.403. The van der Waals surface area contributed by atoms with E-state index >= 15 is 0 Å². The van der Waals surface area contributed by atoms with Crippen LogP contribution in [0.4, 0.5) is 17.1 Å². The SMILES string of the molecule is CC(C)c1cc(Br)c2c(c1)oc1c(N(c3ccccc3)c3ccc(-c4ccccc4)cc3)ccc(Br)c12. The van der Waals surface area contributed by atoms with Crippen LogP contribution in [0.15, 0.2) is 123 Å². The Bertz CT molecular complexity index is 1710. The van der Waals surface area contributed by atoms with Gasteiger partial charge in [0.1, 0.15) is 5.58 Å². The number of hydrogen-bond donors (Lipinski definition) is 0. The zero-order chi connectivity index (χ0) is 25.5. The van der Waals surface area contributed by atoms with Crippen molar-refractivity contribution in [2.45, 2.75) is 19.8 Å². The van der Waals surface area contributed by atoms with Crippen LogP contribution in [0, 0.1) is 0 Å². The normalized spacial score (nSPS) is 11.5. The molecule has 0 amide bonds. The zero-order valence-corrected chi connectivity index (χ0v) is 23.8. The Morgan fingerprint density at radius 1 is 0.622 bits per heavy atom. The van der Waals surface area contributed by atoms with Crippen LogP contribution in [-0.4, -0.2) is 0 Å². The van der Waals surface area contributed by atoms with Gasteiger partial charge in [0.05, 0.1) is 5.69 Å². The number of nitrogens with zero attached hydrogens (tertiary/aromatic N) is 1. The van der Waals surface area contributed by atoms with Crippen molar-refractivity contribution in [3.8, 4) is 11.1 Å². The summed E-state index contributed by atoms with van der Waals surface area (Å²) in [5.74, 6) is 0.403. The van der Waals surface area contributed by atoms with Gasteiger partial charge in [0.25, 0.3) is 0 Å². The molecule has 37 heavy (non-hydrogen) atoms. The summed E-state index contributed by atoms with van der Waals surface area (Å²) in [5.41, 5.74) is 8.49. The Morgan fingerprint density at radius 3 is 1.92 bits per heavy atom. The fourth-order valence-corrected chi connectivity index (χ4v) is 6.03. The van der Waals surface area contributed by atoms with Crippen molar-refractivity contribution >= 4 is 70.9 Å². The molecule has 4 heteroatoms. The van der Waals surface area contributed by atoms with Gasteiger partial charge in [0, 0.05) is 31.1 Å². The summed E-state index contributed by atoms with van der Waals surface area (Å²) < 4.78 is 8.71. The molecule has 0 aliphatic carbocycles. The second-order valence-electron chi connectivity index (χ2n) is 9.49. The average Bonchev–Trinajstić information content (AvgIpc) is 3.33. The Morgan fingerprint density at radius 2 is 1.24 bits per heavy atom. The van der Waals surface area contributed by atoms with E-state index in [1.807, 2.05) is 12.1 Å². The van der Waals surface area contributed by atoms with Gasteiger partial charge >= 0.3 is 0 Å². The molecule has 0 saturated heterocycles. The van der Waals surface area contributed by atoms with Crippen LogP contribution in [0.25, 0.3) is 33.1 Å². The third-order valence-electron chi connectivity index (χ3n) is 6.78. The highest BCUT2D eigenvalue weighted by Crippen LogP contribution is 2.46. The predicted octanol–water partition coefficient (Wildman–Crippen LogP) is 11.4. The van der Waals surface area contributed by atoms with Crippen molar-refractivity contribution < 1.29 is 4.42 Å². The molecule has 0 N–H and O–H groups in total. The first-order valence-corrected chi connectivity index (χ1v) is 13.9. The van der Waals surface area contributed by atoms with Crippen molar-refractivity contribution in [3.05, 3.63) is 124 Å². The Hall–Kier alpha value is -3.34. The number of fused-ring (bicyclic) bond motifs is 3. The van der Waals surface area contributed by atoms with Gasteiger partial charge in [-0.25, -0.2) is 0 Å². The van der Waals surface area contributed by atoms with Gasteiger partial charge in [-0.3, -0.25) is 0 Å². The molecule has 0 saturated carbocycles. The molecule has 0 spiro atoms. The smallest absolute Gasteiger partial charge is 0.160 e. The molecule has 0 fully saturated rings. The first-order valence-electron chi connectivity index (χ1n) is 12.4. The number of anilines is 3. The van der Waals surface area contributed by atoms with Gasteiger partial charge in [0.15, 0.2) is 5.58 Å². The number of para-hydroxylation sites is 1. The van der Waals surface area contributed by atoms with Crippen molar-refractivity contribution in [1.82, 2.24) is 0 Å². The summed E-state index contributed by atoms with van der Waals surface area (Å²) in [5, 5.41) is 2.15. The van der Waals surface area contributed by atoms with Crippen LogP contribution in [0.3, 0.4) is 0 Å². The van der Waals surface area contributed by atoms with E-state index in [1.165, 1.54) is 16.7 Å². The van der Waals surface area contributed by atoms with Crippen LogP contribution >= 0.6 is 31.9 Å². The summed E-state index contributed by atoms with van der Waals surface area (Å²) in [7, 11) is 0. The molecular formula is C33H25Br2NO.